The number of rotatable bonds is 8. The zero-order valence-electron chi connectivity index (χ0n) is 21.8. The molecule has 18 heteroatoms. The third kappa shape index (κ3) is 366. The van der Waals surface area contributed by atoms with Gasteiger partial charge in [-0.1, -0.05) is 52.6 Å². The largest absolute Gasteiger partial charge is 4.00 e. The van der Waals surface area contributed by atoms with Crippen molar-refractivity contribution in [2.75, 3.05) is 0 Å². The zero-order chi connectivity index (χ0) is 34.3. The molecule has 224 valence electrons. The minimum absolute atomic E-state index is 0. The number of carboxylic acids is 8. The van der Waals surface area contributed by atoms with Gasteiger partial charge in [0.25, 0.3) is 0 Å². The van der Waals surface area contributed by atoms with Gasteiger partial charge in [0.05, 0.1) is 47.8 Å². The number of aliphatic carboxylic acids is 8. The molecule has 16 nitrogen and oxygen atoms in total. The van der Waals surface area contributed by atoms with Gasteiger partial charge >= 0.3 is 21.9 Å². The summed E-state index contributed by atoms with van der Waals surface area (Å²) in [5.41, 5.74) is 0. The zero-order valence-corrected chi connectivity index (χ0v) is 23.8. The summed E-state index contributed by atoms with van der Waals surface area (Å²) in [6.07, 6.45) is 5.78. The molecule has 0 aliphatic heterocycles. The first-order chi connectivity index (χ1) is 18.2. The predicted octanol–water partition coefficient (Wildman–Crippen LogP) is -9.38. The van der Waals surface area contributed by atoms with E-state index < -0.39 is 47.8 Å². The van der Waals surface area contributed by atoms with Crippen molar-refractivity contribution in [3.05, 3.63) is 101 Å². The summed E-state index contributed by atoms with van der Waals surface area (Å²) in [4.78, 5) is 73.1. The third-order valence-electron chi connectivity index (χ3n) is 1.33. The van der Waals surface area contributed by atoms with Crippen LogP contribution in [0.1, 0.15) is 0 Å². The fraction of sp³-hybridized carbons (Fsp3) is 0. The van der Waals surface area contributed by atoms with Crippen molar-refractivity contribution in [1.82, 2.24) is 0 Å². The van der Waals surface area contributed by atoms with Gasteiger partial charge in [-0.25, -0.2) is 0 Å². The van der Waals surface area contributed by atoms with Crippen LogP contribution in [-0.4, -0.2) is 69.7 Å². The number of hydrogen-bond acceptors (Lipinski definition) is 16. The van der Waals surface area contributed by atoms with Gasteiger partial charge in [0.15, 0.2) is 0 Å². The molecule has 0 aliphatic carbocycles. The molecule has 0 bridgehead atoms. The van der Waals surface area contributed by atoms with Gasteiger partial charge in [0, 0.05) is 0 Å². The van der Waals surface area contributed by atoms with E-state index in [1.165, 1.54) is 0 Å². The predicted molar refractivity (Wildman–Crippen MR) is 133 cm³/mol. The van der Waals surface area contributed by atoms with Crippen molar-refractivity contribution in [3.8, 4) is 0 Å². The molecule has 0 aromatic heterocycles. The van der Waals surface area contributed by atoms with Crippen LogP contribution in [-0.2, 0) is 38.4 Å². The average Bonchev–Trinajstić information content (AvgIpc) is 2.90. The molecule has 0 aromatic carbocycles. The van der Waals surface area contributed by atoms with Gasteiger partial charge in [-0.3, -0.25) is 0 Å². The molecule has 0 aliphatic rings. The Balaban J connectivity index is -0.0000000346. The Labute approximate surface area is 250 Å². The molecule has 0 atom stereocenters. The summed E-state index contributed by atoms with van der Waals surface area (Å²) in [6.45, 7) is 23.2. The summed E-state index contributed by atoms with van der Waals surface area (Å²) in [6, 6.07) is 0. The summed E-state index contributed by atoms with van der Waals surface area (Å²) in [5, 5.41) is 73.1. The van der Waals surface area contributed by atoms with E-state index in [2.05, 4.69) is 52.6 Å². The first-order valence-electron chi connectivity index (χ1n) is 8.84. The molecular formula is C24H24O16Si2. The standard InChI is InChI=1S/8C3H4O2.2Si/c8*1-2-3(4)5;;/h8*2H,1H2,(H,4,5);;/q;;;;;;;;2*+4/p-8. The van der Waals surface area contributed by atoms with Crippen LogP contribution in [0.3, 0.4) is 0 Å². The van der Waals surface area contributed by atoms with Crippen molar-refractivity contribution >= 4 is 69.7 Å². The smallest absolute Gasteiger partial charge is 0.545 e. The molecule has 0 spiro atoms. The third-order valence-corrected chi connectivity index (χ3v) is 1.33. The van der Waals surface area contributed by atoms with Crippen LogP contribution in [0.5, 0.6) is 0 Å². The SMILES string of the molecule is C=CC(=O)[O-].C=CC(=O)[O-].C=CC(=O)[O-].C=CC(=O)[O-].C=CC(=O)[O-].C=CC(=O)[O-].C=CC(=O)[O-].C=CC(=O)[O-].[Si+4].[Si+4]. The van der Waals surface area contributed by atoms with E-state index in [1.807, 2.05) is 0 Å². The molecule has 0 aromatic rings. The Kier molecular flexibility index (Phi) is 93.2. The molecule has 0 amide bonds. The Hall–Kier alpha value is -5.89. The fourth-order valence-corrected chi connectivity index (χ4v) is 0. The van der Waals surface area contributed by atoms with Crippen LogP contribution in [0.15, 0.2) is 101 Å². The first-order valence-corrected chi connectivity index (χ1v) is 8.84. The van der Waals surface area contributed by atoms with Gasteiger partial charge < -0.3 is 79.2 Å². The van der Waals surface area contributed by atoms with Crippen LogP contribution in [0.4, 0.5) is 0 Å². The Morgan fingerprint density at radius 1 is 0.262 bits per heavy atom. The van der Waals surface area contributed by atoms with Gasteiger partial charge in [0.2, 0.25) is 0 Å². The van der Waals surface area contributed by atoms with Crippen molar-refractivity contribution in [3.63, 3.8) is 0 Å². The van der Waals surface area contributed by atoms with Crippen LogP contribution in [0.2, 0.25) is 0 Å². The Morgan fingerprint density at radius 2 is 0.286 bits per heavy atom. The second-order valence-corrected chi connectivity index (χ2v) is 4.19. The van der Waals surface area contributed by atoms with Gasteiger partial charge in [-0.05, 0) is 48.6 Å². The maximum absolute atomic E-state index is 9.14. The summed E-state index contributed by atoms with van der Waals surface area (Å²) < 4.78 is 0. The quantitative estimate of drug-likeness (QED) is 0.179. The maximum Gasteiger partial charge on any atom is 4.00 e. The van der Waals surface area contributed by atoms with E-state index in [4.69, 9.17) is 79.2 Å². The maximum atomic E-state index is 9.14. The summed E-state index contributed by atoms with van der Waals surface area (Å²) in [5.74, 6) is -9.85. The van der Waals surface area contributed by atoms with E-state index in [1.54, 1.807) is 0 Å². The average molecular weight is 625 g/mol. The van der Waals surface area contributed by atoms with E-state index >= 15 is 0 Å². The molecule has 0 radical (unpaired) electrons. The Morgan fingerprint density at radius 3 is 0.286 bits per heavy atom. The monoisotopic (exact) mass is 624 g/mol. The number of hydrogen-bond donors (Lipinski definition) is 0. The molecule has 0 saturated carbocycles. The normalized spacial score (nSPS) is 6.10. The summed E-state index contributed by atoms with van der Waals surface area (Å²) in [7, 11) is 0. The van der Waals surface area contributed by atoms with Crippen LogP contribution < -0.4 is 40.9 Å². The van der Waals surface area contributed by atoms with E-state index in [-0.39, 0.29) is 21.9 Å². The van der Waals surface area contributed by atoms with Crippen molar-refractivity contribution in [2.45, 2.75) is 0 Å². The second kappa shape index (κ2) is 59.9. The van der Waals surface area contributed by atoms with Crippen molar-refractivity contribution in [1.29, 1.82) is 0 Å². The molecule has 0 fully saturated rings. The first kappa shape index (κ1) is 65.3. The van der Waals surface area contributed by atoms with E-state index in [0.29, 0.717) is 0 Å². The number of carbonyl (C=O) groups is 8. The van der Waals surface area contributed by atoms with Gasteiger partial charge in [-0.15, -0.1) is 0 Å². The minimum Gasteiger partial charge on any atom is -0.545 e. The molecule has 0 saturated heterocycles. The van der Waals surface area contributed by atoms with Crippen LogP contribution in [0, 0.1) is 0 Å². The molecular weight excluding hydrogens is 600 g/mol. The van der Waals surface area contributed by atoms with Crippen molar-refractivity contribution in [2.24, 2.45) is 0 Å². The van der Waals surface area contributed by atoms with Crippen molar-refractivity contribution < 1.29 is 79.2 Å². The fourth-order valence-electron chi connectivity index (χ4n) is 0. The number of carboxylic acid groups (broad SMARTS) is 8. The van der Waals surface area contributed by atoms with Gasteiger partial charge in [-0.2, -0.15) is 0 Å². The Bertz CT molecular complexity index is 675. The molecule has 0 rings (SSSR count). The number of carbonyl (C=O) groups excluding carboxylic acids is 8. The minimum atomic E-state index is -1.23. The molecule has 0 unspecified atom stereocenters. The van der Waals surface area contributed by atoms with E-state index in [9.17, 15) is 0 Å². The molecule has 0 heterocycles. The van der Waals surface area contributed by atoms with Crippen LogP contribution >= 0.6 is 0 Å². The van der Waals surface area contributed by atoms with Crippen LogP contribution in [0.25, 0.3) is 0 Å². The molecule has 0 N–H and O–H groups in total. The molecule has 42 heavy (non-hydrogen) atoms. The topological polar surface area (TPSA) is 321 Å². The summed E-state index contributed by atoms with van der Waals surface area (Å²) >= 11 is 0. The van der Waals surface area contributed by atoms with Gasteiger partial charge in [0.1, 0.15) is 0 Å². The van der Waals surface area contributed by atoms with E-state index in [0.717, 1.165) is 48.6 Å². The second-order valence-electron chi connectivity index (χ2n) is 4.19.